The third-order valence-corrected chi connectivity index (χ3v) is 7.45. The van der Waals surface area contributed by atoms with Crippen LogP contribution in [0.15, 0.2) is 4.99 Å². The molecule has 2 heterocycles. The van der Waals surface area contributed by atoms with Crippen LogP contribution in [0.4, 0.5) is 0 Å². The molecule has 2 aliphatic rings. The number of thioether (sulfide) groups is 1. The largest absolute Gasteiger partial charge is 0.466 e. The number of sulfonamides is 1. The summed E-state index contributed by atoms with van der Waals surface area (Å²) in [6.45, 7) is 5.17. The molecule has 0 unspecified atom stereocenters. The van der Waals surface area contributed by atoms with E-state index in [2.05, 4.69) is 15.2 Å². The Labute approximate surface area is 183 Å². The first-order valence-corrected chi connectivity index (χ1v) is 11.9. The molecule has 2 fully saturated rings. The number of carbonyl (C=O) groups excluding carboxylic acids is 1. The molecule has 0 saturated carbocycles. The van der Waals surface area contributed by atoms with Gasteiger partial charge < -0.3 is 15.0 Å². The van der Waals surface area contributed by atoms with E-state index in [9.17, 15) is 13.2 Å². The maximum atomic E-state index is 12.4. The smallest absolute Gasteiger partial charge is 0.309 e. The van der Waals surface area contributed by atoms with Crippen LogP contribution in [-0.4, -0.2) is 93.2 Å². The Balaban J connectivity index is 0.00000364. The predicted octanol–water partition coefficient (Wildman–Crippen LogP) is 0.834. The van der Waals surface area contributed by atoms with E-state index in [-0.39, 0.29) is 41.6 Å². The van der Waals surface area contributed by atoms with E-state index >= 15 is 0 Å². The summed E-state index contributed by atoms with van der Waals surface area (Å²) in [4.78, 5) is 18.1. The molecule has 27 heavy (non-hydrogen) atoms. The van der Waals surface area contributed by atoms with Crippen molar-refractivity contribution in [3.8, 4) is 0 Å². The highest BCUT2D eigenvalue weighted by Gasteiger charge is 2.28. The van der Waals surface area contributed by atoms with Crippen molar-refractivity contribution in [3.05, 3.63) is 0 Å². The molecule has 158 valence electrons. The molecular weight excluding hydrogens is 503 g/mol. The van der Waals surface area contributed by atoms with E-state index in [0.717, 1.165) is 24.3 Å². The number of hydrogen-bond donors (Lipinski definition) is 1. The zero-order chi connectivity index (χ0) is 19.0. The average Bonchev–Trinajstić information content (AvgIpc) is 2.66. The molecular formula is C16H31IN4O4S2. The number of guanidine groups is 1. The van der Waals surface area contributed by atoms with E-state index in [1.54, 1.807) is 23.1 Å². The van der Waals surface area contributed by atoms with Crippen molar-refractivity contribution in [1.82, 2.24) is 14.5 Å². The number of aliphatic imine (C=N–C) groups is 1. The van der Waals surface area contributed by atoms with E-state index in [1.165, 1.54) is 0 Å². The topological polar surface area (TPSA) is 91.3 Å². The minimum atomic E-state index is -3.22. The second kappa shape index (κ2) is 12.3. The summed E-state index contributed by atoms with van der Waals surface area (Å²) in [5.41, 5.74) is 0. The third kappa shape index (κ3) is 7.58. The lowest BCUT2D eigenvalue weighted by Gasteiger charge is -2.33. The van der Waals surface area contributed by atoms with Crippen LogP contribution in [0.3, 0.4) is 0 Å². The summed E-state index contributed by atoms with van der Waals surface area (Å²) < 4.78 is 31.4. The molecule has 1 N–H and O–H groups in total. The van der Waals surface area contributed by atoms with Crippen LogP contribution < -0.4 is 5.32 Å². The lowest BCUT2D eigenvalue weighted by molar-refractivity contribution is -0.149. The first kappa shape index (κ1) is 24.8. The highest BCUT2D eigenvalue weighted by Crippen LogP contribution is 2.19. The summed E-state index contributed by atoms with van der Waals surface area (Å²) >= 11 is 1.79. The second-order valence-corrected chi connectivity index (χ2v) is 9.63. The lowest BCUT2D eigenvalue weighted by atomic mass is 9.97. The Morgan fingerprint density at radius 3 is 2.41 bits per heavy atom. The molecule has 0 radical (unpaired) electrons. The Bertz CT molecular complexity index is 589. The van der Waals surface area contributed by atoms with Crippen LogP contribution in [0.1, 0.15) is 19.8 Å². The highest BCUT2D eigenvalue weighted by atomic mass is 127. The zero-order valence-electron chi connectivity index (χ0n) is 16.1. The maximum absolute atomic E-state index is 12.4. The Hall–Kier alpha value is -0.270. The average molecular weight is 534 g/mol. The molecule has 0 aliphatic carbocycles. The van der Waals surface area contributed by atoms with Gasteiger partial charge in [0.15, 0.2) is 5.96 Å². The number of nitrogens with zero attached hydrogens (tertiary/aromatic N) is 3. The molecule has 2 rings (SSSR count). The van der Waals surface area contributed by atoms with Crippen LogP contribution in [0, 0.1) is 5.92 Å². The third-order valence-electron chi connectivity index (χ3n) is 4.63. The molecule has 2 aliphatic heterocycles. The van der Waals surface area contributed by atoms with Crippen molar-refractivity contribution >= 4 is 57.7 Å². The van der Waals surface area contributed by atoms with Gasteiger partial charge in [0, 0.05) is 51.3 Å². The summed E-state index contributed by atoms with van der Waals surface area (Å²) in [7, 11) is -1.53. The van der Waals surface area contributed by atoms with Gasteiger partial charge in [-0.05, 0) is 19.8 Å². The zero-order valence-corrected chi connectivity index (χ0v) is 20.0. The number of carbonyl (C=O) groups is 1. The van der Waals surface area contributed by atoms with Crippen LogP contribution in [-0.2, 0) is 19.6 Å². The standard InChI is InChI=1S/C16H30N4O4S2.HI/c1-3-24-15(21)14-4-7-19(8-5-14)16(17-2)18-6-13-26(22,23)20-9-11-25-12-10-20;/h14H,3-13H2,1-2H3,(H,17,18);1H. The molecule has 0 aromatic carbocycles. The van der Waals surface area contributed by atoms with Gasteiger partial charge in [-0.1, -0.05) is 0 Å². The fourth-order valence-electron chi connectivity index (χ4n) is 3.17. The van der Waals surface area contributed by atoms with E-state index in [4.69, 9.17) is 4.74 Å². The van der Waals surface area contributed by atoms with Gasteiger partial charge in [0.2, 0.25) is 10.0 Å². The molecule has 0 bridgehead atoms. The Kier molecular flexibility index (Phi) is 11.3. The van der Waals surface area contributed by atoms with Crippen molar-refractivity contribution in [2.45, 2.75) is 19.8 Å². The van der Waals surface area contributed by atoms with Gasteiger partial charge in [0.1, 0.15) is 0 Å². The normalized spacial score (nSPS) is 20.1. The molecule has 0 amide bonds. The maximum Gasteiger partial charge on any atom is 0.309 e. The van der Waals surface area contributed by atoms with Crippen LogP contribution in [0.25, 0.3) is 0 Å². The van der Waals surface area contributed by atoms with Gasteiger partial charge in [0.05, 0.1) is 18.3 Å². The SMILES string of the molecule is CCOC(=O)C1CCN(C(=NC)NCCS(=O)(=O)N2CCSCC2)CC1.I. The van der Waals surface area contributed by atoms with Crippen molar-refractivity contribution < 1.29 is 17.9 Å². The number of halogens is 1. The second-order valence-electron chi connectivity index (χ2n) is 6.31. The van der Waals surface area contributed by atoms with Gasteiger partial charge in [-0.3, -0.25) is 9.79 Å². The molecule has 0 atom stereocenters. The fourth-order valence-corrected chi connectivity index (χ4v) is 5.66. The van der Waals surface area contributed by atoms with Crippen molar-refractivity contribution in [2.75, 3.05) is 63.6 Å². The summed E-state index contributed by atoms with van der Waals surface area (Å²) in [6.07, 6.45) is 1.45. The number of nitrogens with one attached hydrogen (secondary N) is 1. The molecule has 8 nitrogen and oxygen atoms in total. The predicted molar refractivity (Wildman–Crippen MR) is 120 cm³/mol. The van der Waals surface area contributed by atoms with Crippen LogP contribution in [0.2, 0.25) is 0 Å². The van der Waals surface area contributed by atoms with Crippen molar-refractivity contribution in [2.24, 2.45) is 10.9 Å². The number of esters is 1. The number of hydrogen-bond acceptors (Lipinski definition) is 6. The van der Waals surface area contributed by atoms with Gasteiger partial charge >= 0.3 is 5.97 Å². The molecule has 11 heteroatoms. The summed E-state index contributed by atoms with van der Waals surface area (Å²) in [5, 5.41) is 3.15. The summed E-state index contributed by atoms with van der Waals surface area (Å²) in [5.74, 6) is 2.31. The van der Waals surface area contributed by atoms with Crippen LogP contribution >= 0.6 is 35.7 Å². The minimum absolute atomic E-state index is 0. The molecule has 0 aromatic rings. The van der Waals surface area contributed by atoms with Gasteiger partial charge in [-0.25, -0.2) is 12.7 Å². The van der Waals surface area contributed by atoms with E-state index in [1.807, 2.05) is 6.92 Å². The Morgan fingerprint density at radius 2 is 1.85 bits per heavy atom. The first-order valence-electron chi connectivity index (χ1n) is 9.15. The van der Waals surface area contributed by atoms with Gasteiger partial charge in [-0.15, -0.1) is 24.0 Å². The van der Waals surface area contributed by atoms with Crippen LogP contribution in [0.5, 0.6) is 0 Å². The lowest BCUT2D eigenvalue weighted by Crippen LogP contribution is -2.48. The minimum Gasteiger partial charge on any atom is -0.466 e. The Morgan fingerprint density at radius 1 is 1.22 bits per heavy atom. The van der Waals surface area contributed by atoms with E-state index in [0.29, 0.717) is 45.3 Å². The van der Waals surface area contributed by atoms with Crippen molar-refractivity contribution in [3.63, 3.8) is 0 Å². The number of likely N-dealkylation sites (tertiary alicyclic amines) is 1. The number of piperidine rings is 1. The number of rotatable bonds is 6. The monoisotopic (exact) mass is 534 g/mol. The summed E-state index contributed by atoms with van der Waals surface area (Å²) in [6, 6.07) is 0. The first-order chi connectivity index (χ1) is 12.5. The fraction of sp³-hybridized carbons (Fsp3) is 0.875. The van der Waals surface area contributed by atoms with Gasteiger partial charge in [-0.2, -0.15) is 11.8 Å². The molecule has 0 aromatic heterocycles. The van der Waals surface area contributed by atoms with Gasteiger partial charge in [0.25, 0.3) is 0 Å². The van der Waals surface area contributed by atoms with Crippen molar-refractivity contribution in [1.29, 1.82) is 0 Å². The quantitative estimate of drug-likeness (QED) is 0.234. The van der Waals surface area contributed by atoms with E-state index < -0.39 is 10.0 Å². The molecule has 2 saturated heterocycles. The number of ether oxygens (including phenoxy) is 1. The molecule has 0 spiro atoms. The highest BCUT2D eigenvalue weighted by molar-refractivity contribution is 14.0.